The third-order valence-corrected chi connectivity index (χ3v) is 2.31. The van der Waals surface area contributed by atoms with Gasteiger partial charge in [-0.3, -0.25) is 10.1 Å². The average molecular weight is 253 g/mol. The summed E-state index contributed by atoms with van der Waals surface area (Å²) in [5, 5.41) is 10.8. The van der Waals surface area contributed by atoms with E-state index in [1.165, 1.54) is 6.07 Å². The van der Waals surface area contributed by atoms with Crippen LogP contribution in [0.2, 0.25) is 0 Å². The van der Waals surface area contributed by atoms with Crippen molar-refractivity contribution in [3.8, 4) is 23.7 Å². The van der Waals surface area contributed by atoms with Gasteiger partial charge >= 0.3 is 0 Å². The van der Waals surface area contributed by atoms with Crippen LogP contribution in [0.5, 0.6) is 0 Å². The molecule has 3 heteroatoms. The van der Waals surface area contributed by atoms with E-state index in [0.717, 1.165) is 19.3 Å². The number of nitrogens with zero attached hydrogens (tertiary/aromatic N) is 1. The molecule has 0 fully saturated rings. The molecular formula is C16H15NO2. The van der Waals surface area contributed by atoms with E-state index < -0.39 is 4.92 Å². The standard InChI is InChI=1S/C16H15NO2/c1-2-3-4-5-6-7-8-9-12-15-13-10-11-14-16(15)17(18)19/h7-8,10-11,13-14H,2-4H2,1H3. The van der Waals surface area contributed by atoms with Gasteiger partial charge in [-0.1, -0.05) is 49.2 Å². The fourth-order valence-electron chi connectivity index (χ4n) is 1.34. The Balaban J connectivity index is 2.65. The van der Waals surface area contributed by atoms with E-state index in [-0.39, 0.29) is 5.69 Å². The summed E-state index contributed by atoms with van der Waals surface area (Å²) in [7, 11) is 0. The summed E-state index contributed by atoms with van der Waals surface area (Å²) in [6, 6.07) is 6.42. The Bertz CT molecular complexity index is 580. The Labute approximate surface area is 113 Å². The molecule has 0 aliphatic heterocycles. The highest BCUT2D eigenvalue weighted by Gasteiger charge is 2.08. The Hall–Kier alpha value is -2.52. The molecule has 0 aliphatic carbocycles. The lowest BCUT2D eigenvalue weighted by Gasteiger charge is -1.92. The van der Waals surface area contributed by atoms with Crippen LogP contribution >= 0.6 is 0 Å². The van der Waals surface area contributed by atoms with Crippen molar-refractivity contribution in [1.82, 2.24) is 0 Å². The second kappa shape index (κ2) is 8.55. The zero-order valence-corrected chi connectivity index (χ0v) is 10.8. The van der Waals surface area contributed by atoms with Gasteiger partial charge in [0.15, 0.2) is 0 Å². The van der Waals surface area contributed by atoms with Crippen LogP contribution in [0.25, 0.3) is 0 Å². The molecule has 0 N–H and O–H groups in total. The van der Waals surface area contributed by atoms with E-state index in [9.17, 15) is 10.1 Å². The molecule has 0 unspecified atom stereocenters. The van der Waals surface area contributed by atoms with Crippen LogP contribution in [0.1, 0.15) is 31.7 Å². The van der Waals surface area contributed by atoms with Crippen molar-refractivity contribution in [3.63, 3.8) is 0 Å². The molecule has 0 saturated heterocycles. The molecule has 0 aliphatic rings. The first-order chi connectivity index (χ1) is 9.25. The summed E-state index contributed by atoms with van der Waals surface area (Å²) >= 11 is 0. The van der Waals surface area contributed by atoms with Crippen LogP contribution in [0, 0.1) is 33.8 Å². The van der Waals surface area contributed by atoms with Crippen LogP contribution in [0.4, 0.5) is 5.69 Å². The van der Waals surface area contributed by atoms with E-state index in [4.69, 9.17) is 0 Å². The summed E-state index contributed by atoms with van der Waals surface area (Å²) in [4.78, 5) is 10.3. The van der Waals surface area contributed by atoms with Crippen LogP contribution in [-0.2, 0) is 0 Å². The van der Waals surface area contributed by atoms with Crippen molar-refractivity contribution in [3.05, 3.63) is 52.1 Å². The molecule has 1 rings (SSSR count). The number of allylic oxidation sites excluding steroid dienone is 2. The minimum atomic E-state index is -0.432. The number of rotatable bonds is 3. The van der Waals surface area contributed by atoms with Crippen molar-refractivity contribution >= 4 is 5.69 Å². The lowest BCUT2D eigenvalue weighted by molar-refractivity contribution is -0.385. The summed E-state index contributed by atoms with van der Waals surface area (Å²) < 4.78 is 0. The minimum absolute atomic E-state index is 0.0254. The van der Waals surface area contributed by atoms with Gasteiger partial charge in [0.2, 0.25) is 0 Å². The van der Waals surface area contributed by atoms with Crippen molar-refractivity contribution < 1.29 is 4.92 Å². The Morgan fingerprint density at radius 3 is 2.74 bits per heavy atom. The maximum absolute atomic E-state index is 10.8. The SMILES string of the molecule is CCCCC#CC=CC#Cc1ccccc1[N+](=O)[O-]. The van der Waals surface area contributed by atoms with Crippen LogP contribution in [0.15, 0.2) is 36.4 Å². The monoisotopic (exact) mass is 253 g/mol. The molecule has 0 bridgehead atoms. The highest BCUT2D eigenvalue weighted by atomic mass is 16.6. The summed E-state index contributed by atoms with van der Waals surface area (Å²) in [6.45, 7) is 2.12. The van der Waals surface area contributed by atoms with Crippen LogP contribution in [0.3, 0.4) is 0 Å². The molecule has 3 nitrogen and oxygen atoms in total. The molecular weight excluding hydrogens is 238 g/mol. The number of hydrogen-bond donors (Lipinski definition) is 0. The molecule has 0 aromatic heterocycles. The van der Waals surface area contributed by atoms with Crippen molar-refractivity contribution in [2.45, 2.75) is 26.2 Å². The minimum Gasteiger partial charge on any atom is -0.258 e. The van der Waals surface area contributed by atoms with Gasteiger partial charge in [0.05, 0.1) is 4.92 Å². The lowest BCUT2D eigenvalue weighted by Crippen LogP contribution is -1.90. The molecule has 96 valence electrons. The number of nitro benzene ring substituents is 1. The molecule has 0 radical (unpaired) electrons. The molecule has 0 amide bonds. The molecule has 0 atom stereocenters. The summed E-state index contributed by atoms with van der Waals surface area (Å²) in [6.07, 6.45) is 6.39. The highest BCUT2D eigenvalue weighted by molar-refractivity contribution is 5.51. The quantitative estimate of drug-likeness (QED) is 0.357. The van der Waals surface area contributed by atoms with Gasteiger partial charge in [0.1, 0.15) is 5.56 Å². The van der Waals surface area contributed by atoms with Gasteiger partial charge in [-0.15, -0.1) is 0 Å². The fourth-order valence-corrected chi connectivity index (χ4v) is 1.34. The second-order valence-corrected chi connectivity index (χ2v) is 3.80. The van der Waals surface area contributed by atoms with Gasteiger partial charge in [-0.05, 0) is 24.6 Å². The normalized spacial score (nSPS) is 9.32. The molecule has 0 spiro atoms. The molecule has 0 saturated carbocycles. The predicted molar refractivity (Wildman–Crippen MR) is 76.4 cm³/mol. The second-order valence-electron chi connectivity index (χ2n) is 3.80. The lowest BCUT2D eigenvalue weighted by atomic mass is 10.2. The molecule has 19 heavy (non-hydrogen) atoms. The smallest absolute Gasteiger partial charge is 0.258 e. The Morgan fingerprint density at radius 2 is 2.00 bits per heavy atom. The molecule has 1 aromatic rings. The van der Waals surface area contributed by atoms with Gasteiger partial charge in [-0.25, -0.2) is 0 Å². The summed E-state index contributed by atoms with van der Waals surface area (Å²) in [5.41, 5.74) is 0.438. The van der Waals surface area contributed by atoms with Gasteiger partial charge in [0.25, 0.3) is 5.69 Å². The Kier molecular flexibility index (Phi) is 6.55. The third kappa shape index (κ3) is 5.57. The first kappa shape index (κ1) is 14.5. The van der Waals surface area contributed by atoms with Crippen molar-refractivity contribution in [1.29, 1.82) is 0 Å². The number of nitro groups is 1. The van der Waals surface area contributed by atoms with E-state index >= 15 is 0 Å². The first-order valence-electron chi connectivity index (χ1n) is 6.14. The Morgan fingerprint density at radius 1 is 1.26 bits per heavy atom. The molecule has 1 aromatic carbocycles. The van der Waals surface area contributed by atoms with Crippen LogP contribution in [-0.4, -0.2) is 4.92 Å². The van der Waals surface area contributed by atoms with E-state index in [2.05, 4.69) is 30.6 Å². The zero-order chi connectivity index (χ0) is 13.9. The van der Waals surface area contributed by atoms with Crippen molar-refractivity contribution in [2.24, 2.45) is 0 Å². The molecule has 0 heterocycles. The maximum Gasteiger partial charge on any atom is 0.284 e. The van der Waals surface area contributed by atoms with Gasteiger partial charge in [-0.2, -0.15) is 0 Å². The number of hydrogen-bond acceptors (Lipinski definition) is 2. The topological polar surface area (TPSA) is 43.1 Å². The van der Waals surface area contributed by atoms with E-state index in [0.29, 0.717) is 5.56 Å². The zero-order valence-electron chi connectivity index (χ0n) is 10.8. The maximum atomic E-state index is 10.8. The largest absolute Gasteiger partial charge is 0.284 e. The fraction of sp³-hybridized carbons (Fsp3) is 0.250. The van der Waals surface area contributed by atoms with E-state index in [1.807, 2.05) is 0 Å². The summed E-state index contributed by atoms with van der Waals surface area (Å²) in [5.74, 6) is 11.4. The highest BCUT2D eigenvalue weighted by Crippen LogP contribution is 2.15. The van der Waals surface area contributed by atoms with Gasteiger partial charge < -0.3 is 0 Å². The predicted octanol–water partition coefficient (Wildman–Crippen LogP) is 3.70. The van der Waals surface area contributed by atoms with Crippen molar-refractivity contribution in [2.75, 3.05) is 0 Å². The first-order valence-corrected chi connectivity index (χ1v) is 6.14. The number of benzene rings is 1. The third-order valence-electron chi connectivity index (χ3n) is 2.31. The average Bonchev–Trinajstić information content (AvgIpc) is 2.42. The van der Waals surface area contributed by atoms with E-state index in [1.54, 1.807) is 30.4 Å². The number of para-hydroxylation sites is 1. The van der Waals surface area contributed by atoms with Gasteiger partial charge in [0, 0.05) is 12.5 Å². The number of unbranched alkanes of at least 4 members (excludes halogenated alkanes) is 2. The van der Waals surface area contributed by atoms with Crippen LogP contribution < -0.4 is 0 Å².